The van der Waals surface area contributed by atoms with Crippen LogP contribution < -0.4 is 20.4 Å². The number of piperazine rings is 1. The minimum Gasteiger partial charge on any atom is -0.353 e. The van der Waals surface area contributed by atoms with Crippen molar-refractivity contribution in [3.8, 4) is 0 Å². The van der Waals surface area contributed by atoms with Gasteiger partial charge in [0, 0.05) is 38.1 Å². The zero-order valence-corrected chi connectivity index (χ0v) is 15.5. The maximum absolute atomic E-state index is 12.1. The van der Waals surface area contributed by atoms with Crippen molar-refractivity contribution in [2.24, 2.45) is 0 Å². The number of rotatable bonds is 4. The fourth-order valence-corrected chi connectivity index (χ4v) is 3.17. The lowest BCUT2D eigenvalue weighted by molar-refractivity contribution is 0.262. The van der Waals surface area contributed by atoms with Crippen molar-refractivity contribution in [1.82, 2.24) is 9.97 Å². The molecule has 1 fully saturated rings. The number of pyridine rings is 2. The van der Waals surface area contributed by atoms with Crippen molar-refractivity contribution < 1.29 is 4.79 Å². The van der Waals surface area contributed by atoms with Gasteiger partial charge in [0.2, 0.25) is 0 Å². The highest BCUT2D eigenvalue weighted by Crippen LogP contribution is 2.19. The van der Waals surface area contributed by atoms with Crippen LogP contribution in [0.2, 0.25) is 0 Å². The van der Waals surface area contributed by atoms with E-state index in [0.29, 0.717) is 5.69 Å². The van der Waals surface area contributed by atoms with E-state index >= 15 is 0 Å². The Morgan fingerprint density at radius 3 is 1.96 bits per heavy atom. The lowest BCUT2D eigenvalue weighted by atomic mass is 10.3. The maximum atomic E-state index is 12.1. The number of hydrogen-bond donors (Lipinski definition) is 2. The van der Waals surface area contributed by atoms with E-state index in [1.807, 2.05) is 66.9 Å². The summed E-state index contributed by atoms with van der Waals surface area (Å²) in [5, 5.41) is 5.59. The zero-order chi connectivity index (χ0) is 19.2. The van der Waals surface area contributed by atoms with E-state index in [0.717, 1.165) is 43.5 Å². The maximum Gasteiger partial charge on any atom is 0.323 e. The second-order valence-corrected chi connectivity index (χ2v) is 6.51. The highest BCUT2D eigenvalue weighted by molar-refractivity contribution is 5.99. The molecule has 7 nitrogen and oxygen atoms in total. The molecule has 1 aliphatic rings. The fraction of sp³-hybridized carbons (Fsp3) is 0.190. The van der Waals surface area contributed by atoms with E-state index < -0.39 is 0 Å². The highest BCUT2D eigenvalue weighted by Gasteiger charge is 2.18. The Bertz CT molecular complexity index is 893. The van der Waals surface area contributed by atoms with Crippen LogP contribution in [-0.4, -0.2) is 42.2 Å². The van der Waals surface area contributed by atoms with Gasteiger partial charge < -0.3 is 20.4 Å². The molecule has 2 N–H and O–H groups in total. The molecule has 1 aliphatic heterocycles. The molecule has 7 heteroatoms. The van der Waals surface area contributed by atoms with Crippen LogP contribution in [0.5, 0.6) is 0 Å². The van der Waals surface area contributed by atoms with Crippen LogP contribution in [0.25, 0.3) is 0 Å². The number of carbonyl (C=O) groups is 1. The topological polar surface area (TPSA) is 73.4 Å². The molecule has 0 unspecified atom stereocenters. The minimum atomic E-state index is -0.287. The number of nitrogens with one attached hydrogen (secondary N) is 2. The van der Waals surface area contributed by atoms with Crippen molar-refractivity contribution >= 4 is 29.0 Å². The molecular formula is C21H22N6O. The summed E-state index contributed by atoms with van der Waals surface area (Å²) in [6.07, 6.45) is 3.51. The van der Waals surface area contributed by atoms with Gasteiger partial charge in [0.05, 0.1) is 11.9 Å². The molecule has 1 saturated heterocycles. The van der Waals surface area contributed by atoms with Crippen molar-refractivity contribution in [3.63, 3.8) is 0 Å². The van der Waals surface area contributed by atoms with Crippen LogP contribution >= 0.6 is 0 Å². The third kappa shape index (κ3) is 4.37. The molecule has 2 aromatic heterocycles. The van der Waals surface area contributed by atoms with Crippen LogP contribution in [0.4, 0.5) is 27.8 Å². The van der Waals surface area contributed by atoms with Crippen LogP contribution in [0.1, 0.15) is 0 Å². The molecule has 0 bridgehead atoms. The number of nitrogens with zero attached hydrogens (tertiary/aromatic N) is 4. The Balaban J connectivity index is 1.31. The summed E-state index contributed by atoms with van der Waals surface area (Å²) in [5.41, 5.74) is 1.40. The second kappa shape index (κ2) is 8.39. The van der Waals surface area contributed by atoms with Gasteiger partial charge in [0.1, 0.15) is 11.6 Å². The number of carbonyl (C=O) groups excluding carboxylic acids is 1. The Labute approximate surface area is 164 Å². The van der Waals surface area contributed by atoms with Crippen LogP contribution in [0.15, 0.2) is 73.1 Å². The molecule has 3 aromatic rings. The standard InChI is InChI=1S/C21H22N6O/c28-21(24-17-6-2-1-3-7-17)25-18-9-10-20(23-16-18)27-14-12-26(13-15-27)19-8-4-5-11-22-19/h1-11,16H,12-15H2,(H2,24,25,28). The normalized spacial score (nSPS) is 13.9. The zero-order valence-electron chi connectivity index (χ0n) is 15.5. The molecule has 142 valence electrons. The van der Waals surface area contributed by atoms with E-state index in [4.69, 9.17) is 0 Å². The first-order chi connectivity index (χ1) is 13.8. The van der Waals surface area contributed by atoms with E-state index in [-0.39, 0.29) is 6.03 Å². The predicted molar refractivity (Wildman–Crippen MR) is 112 cm³/mol. The summed E-state index contributed by atoms with van der Waals surface area (Å²) in [7, 11) is 0. The van der Waals surface area contributed by atoms with Gasteiger partial charge in [-0.1, -0.05) is 24.3 Å². The molecule has 0 radical (unpaired) electrons. The van der Waals surface area contributed by atoms with Crippen molar-refractivity contribution in [3.05, 3.63) is 73.1 Å². The largest absolute Gasteiger partial charge is 0.353 e. The first-order valence-corrected chi connectivity index (χ1v) is 9.28. The Morgan fingerprint density at radius 2 is 1.36 bits per heavy atom. The lowest BCUT2D eigenvalue weighted by Crippen LogP contribution is -2.47. The third-order valence-electron chi connectivity index (χ3n) is 4.61. The van der Waals surface area contributed by atoms with E-state index in [9.17, 15) is 4.79 Å². The quantitative estimate of drug-likeness (QED) is 0.732. The van der Waals surface area contributed by atoms with Crippen molar-refractivity contribution in [1.29, 1.82) is 0 Å². The Hall–Kier alpha value is -3.61. The summed E-state index contributed by atoms with van der Waals surface area (Å²) in [4.78, 5) is 25.5. The van der Waals surface area contributed by atoms with E-state index in [1.54, 1.807) is 6.20 Å². The molecule has 0 atom stereocenters. The van der Waals surface area contributed by atoms with E-state index in [2.05, 4.69) is 30.4 Å². The van der Waals surface area contributed by atoms with Gasteiger partial charge in [-0.3, -0.25) is 0 Å². The van der Waals surface area contributed by atoms with Gasteiger partial charge in [0.25, 0.3) is 0 Å². The van der Waals surface area contributed by atoms with Gasteiger partial charge >= 0.3 is 6.03 Å². The summed E-state index contributed by atoms with van der Waals surface area (Å²) in [5.74, 6) is 1.92. The molecule has 2 amide bonds. The summed E-state index contributed by atoms with van der Waals surface area (Å²) < 4.78 is 0. The van der Waals surface area contributed by atoms with Crippen LogP contribution in [0.3, 0.4) is 0 Å². The molecular weight excluding hydrogens is 352 g/mol. The van der Waals surface area contributed by atoms with Gasteiger partial charge in [-0.05, 0) is 36.4 Å². The summed E-state index contributed by atoms with van der Waals surface area (Å²) in [6.45, 7) is 3.56. The number of benzene rings is 1. The molecule has 0 aliphatic carbocycles. The molecule has 1 aromatic carbocycles. The Morgan fingerprint density at radius 1 is 0.714 bits per heavy atom. The van der Waals surface area contributed by atoms with Crippen molar-refractivity contribution in [2.75, 3.05) is 46.6 Å². The molecule has 28 heavy (non-hydrogen) atoms. The molecule has 0 spiro atoms. The third-order valence-corrected chi connectivity index (χ3v) is 4.61. The smallest absolute Gasteiger partial charge is 0.323 e. The monoisotopic (exact) mass is 374 g/mol. The summed E-state index contributed by atoms with van der Waals surface area (Å²) >= 11 is 0. The number of aromatic nitrogens is 2. The number of hydrogen-bond acceptors (Lipinski definition) is 5. The van der Waals surface area contributed by atoms with Crippen molar-refractivity contribution in [2.45, 2.75) is 0 Å². The average molecular weight is 374 g/mol. The summed E-state index contributed by atoms with van der Waals surface area (Å²) in [6, 6.07) is 18.8. The number of anilines is 4. The molecule has 0 saturated carbocycles. The lowest BCUT2D eigenvalue weighted by Gasteiger charge is -2.36. The van der Waals surface area contributed by atoms with Gasteiger partial charge in [-0.25, -0.2) is 14.8 Å². The second-order valence-electron chi connectivity index (χ2n) is 6.51. The number of amides is 2. The van der Waals surface area contributed by atoms with Crippen LogP contribution in [0, 0.1) is 0 Å². The highest BCUT2D eigenvalue weighted by atomic mass is 16.2. The van der Waals surface area contributed by atoms with E-state index in [1.165, 1.54) is 0 Å². The van der Waals surface area contributed by atoms with Gasteiger partial charge in [-0.15, -0.1) is 0 Å². The molecule has 3 heterocycles. The SMILES string of the molecule is O=C(Nc1ccccc1)Nc1ccc(N2CCN(c3ccccn3)CC2)nc1. The number of urea groups is 1. The first-order valence-electron chi connectivity index (χ1n) is 9.28. The molecule has 4 rings (SSSR count). The Kier molecular flexibility index (Phi) is 5.33. The fourth-order valence-electron chi connectivity index (χ4n) is 3.17. The average Bonchev–Trinajstić information content (AvgIpc) is 2.76. The van der Waals surface area contributed by atoms with Gasteiger partial charge in [-0.2, -0.15) is 0 Å². The van der Waals surface area contributed by atoms with Gasteiger partial charge in [0.15, 0.2) is 0 Å². The predicted octanol–water partition coefficient (Wildman–Crippen LogP) is 3.45. The minimum absolute atomic E-state index is 0.287. The number of para-hydroxylation sites is 1. The van der Waals surface area contributed by atoms with Crippen LogP contribution in [-0.2, 0) is 0 Å². The first kappa shape index (κ1) is 17.8.